The summed E-state index contributed by atoms with van der Waals surface area (Å²) in [6.07, 6.45) is 0.778. The van der Waals surface area contributed by atoms with Crippen LogP contribution in [0, 0.1) is 0 Å². The van der Waals surface area contributed by atoms with E-state index in [2.05, 4.69) is 4.72 Å². The van der Waals surface area contributed by atoms with Crippen LogP contribution >= 0.6 is 11.6 Å². The SMILES string of the molecule is CC(=O)N1CCc2cc(CNS(=O)(=O)c3ccccc3Cl)ccc21. The summed E-state index contributed by atoms with van der Waals surface area (Å²) in [4.78, 5) is 13.4. The predicted molar refractivity (Wildman–Crippen MR) is 93.7 cm³/mol. The molecule has 1 aliphatic rings. The molecule has 0 spiro atoms. The van der Waals surface area contributed by atoms with E-state index in [-0.39, 0.29) is 22.4 Å². The lowest BCUT2D eigenvalue weighted by molar-refractivity contribution is -0.116. The quantitative estimate of drug-likeness (QED) is 0.907. The summed E-state index contributed by atoms with van der Waals surface area (Å²) >= 11 is 5.96. The van der Waals surface area contributed by atoms with Gasteiger partial charge in [0.25, 0.3) is 0 Å². The van der Waals surface area contributed by atoms with Crippen LogP contribution in [-0.4, -0.2) is 20.9 Å². The van der Waals surface area contributed by atoms with Crippen molar-refractivity contribution >= 4 is 33.2 Å². The summed E-state index contributed by atoms with van der Waals surface area (Å²) in [7, 11) is -3.67. The second kappa shape index (κ2) is 6.55. The van der Waals surface area contributed by atoms with Crippen molar-refractivity contribution in [1.82, 2.24) is 4.72 Å². The van der Waals surface area contributed by atoms with Gasteiger partial charge in [0.1, 0.15) is 4.90 Å². The molecule has 126 valence electrons. The average molecular weight is 365 g/mol. The number of hydrogen-bond acceptors (Lipinski definition) is 3. The molecule has 0 saturated heterocycles. The van der Waals surface area contributed by atoms with E-state index in [0.717, 1.165) is 23.2 Å². The van der Waals surface area contributed by atoms with Crippen molar-refractivity contribution in [2.45, 2.75) is 24.8 Å². The largest absolute Gasteiger partial charge is 0.312 e. The van der Waals surface area contributed by atoms with Crippen LogP contribution < -0.4 is 9.62 Å². The van der Waals surface area contributed by atoms with Crippen molar-refractivity contribution < 1.29 is 13.2 Å². The number of fused-ring (bicyclic) bond motifs is 1. The first-order chi connectivity index (χ1) is 11.4. The Morgan fingerprint density at radius 1 is 1.25 bits per heavy atom. The third-order valence-corrected chi connectivity index (χ3v) is 5.91. The van der Waals surface area contributed by atoms with Gasteiger partial charge in [-0.2, -0.15) is 0 Å². The number of amides is 1. The zero-order valence-electron chi connectivity index (χ0n) is 13.1. The molecule has 0 unspecified atom stereocenters. The number of carbonyl (C=O) groups is 1. The number of nitrogens with zero attached hydrogens (tertiary/aromatic N) is 1. The Hall–Kier alpha value is -1.89. The molecule has 0 fully saturated rings. The summed E-state index contributed by atoms with van der Waals surface area (Å²) < 4.78 is 27.3. The highest BCUT2D eigenvalue weighted by atomic mass is 35.5. The van der Waals surface area contributed by atoms with Crippen molar-refractivity contribution in [2.75, 3.05) is 11.4 Å². The van der Waals surface area contributed by atoms with Gasteiger partial charge in [-0.15, -0.1) is 0 Å². The van der Waals surface area contributed by atoms with E-state index in [4.69, 9.17) is 11.6 Å². The van der Waals surface area contributed by atoms with Crippen LogP contribution in [-0.2, 0) is 27.8 Å². The van der Waals surface area contributed by atoms with Gasteiger partial charge in [-0.1, -0.05) is 35.9 Å². The standard InChI is InChI=1S/C17H17ClN2O3S/c1-12(21)20-9-8-14-10-13(6-7-16(14)20)11-19-24(22,23)17-5-3-2-4-15(17)18/h2-7,10,19H,8-9,11H2,1H3. The fourth-order valence-electron chi connectivity index (χ4n) is 2.81. The van der Waals surface area contributed by atoms with Crippen LogP contribution in [0.2, 0.25) is 5.02 Å². The monoisotopic (exact) mass is 364 g/mol. The van der Waals surface area contributed by atoms with Crippen molar-refractivity contribution in [1.29, 1.82) is 0 Å². The molecule has 1 N–H and O–H groups in total. The number of hydrogen-bond donors (Lipinski definition) is 1. The molecule has 2 aromatic rings. The van der Waals surface area contributed by atoms with E-state index in [1.807, 2.05) is 18.2 Å². The van der Waals surface area contributed by atoms with Crippen LogP contribution in [0.15, 0.2) is 47.4 Å². The van der Waals surface area contributed by atoms with Crippen LogP contribution in [0.4, 0.5) is 5.69 Å². The van der Waals surface area contributed by atoms with Gasteiger partial charge in [-0.3, -0.25) is 4.79 Å². The third kappa shape index (κ3) is 3.31. The van der Waals surface area contributed by atoms with Crippen LogP contribution in [0.3, 0.4) is 0 Å². The number of anilines is 1. The summed E-state index contributed by atoms with van der Waals surface area (Å²) in [5.41, 5.74) is 2.80. The normalized spacial score (nSPS) is 13.8. The first-order valence-corrected chi connectivity index (χ1v) is 9.39. The Labute approximate surface area is 146 Å². The lowest BCUT2D eigenvalue weighted by Crippen LogP contribution is -2.25. The summed E-state index contributed by atoms with van der Waals surface area (Å²) in [5.74, 6) is 0.0147. The lowest BCUT2D eigenvalue weighted by atomic mass is 10.1. The van der Waals surface area contributed by atoms with Gasteiger partial charge in [-0.05, 0) is 35.7 Å². The number of rotatable bonds is 4. The highest BCUT2D eigenvalue weighted by Gasteiger charge is 2.22. The number of sulfonamides is 1. The van der Waals surface area contributed by atoms with Crippen LogP contribution in [0.1, 0.15) is 18.1 Å². The van der Waals surface area contributed by atoms with Crippen molar-refractivity contribution in [3.05, 3.63) is 58.6 Å². The summed E-state index contributed by atoms with van der Waals surface area (Å²) in [5, 5.41) is 0.191. The lowest BCUT2D eigenvalue weighted by Gasteiger charge is -2.15. The zero-order valence-corrected chi connectivity index (χ0v) is 14.7. The molecule has 0 atom stereocenters. The van der Waals surface area contributed by atoms with E-state index < -0.39 is 10.0 Å². The second-order valence-corrected chi connectivity index (χ2v) is 7.78. The zero-order chi connectivity index (χ0) is 17.3. The van der Waals surface area contributed by atoms with Crippen LogP contribution in [0.5, 0.6) is 0 Å². The molecule has 1 aliphatic heterocycles. The Balaban J connectivity index is 1.76. The predicted octanol–water partition coefficient (Wildman–Crippen LogP) is 2.73. The molecule has 5 nitrogen and oxygen atoms in total. The number of carbonyl (C=O) groups excluding carboxylic acids is 1. The Morgan fingerprint density at radius 2 is 2.00 bits per heavy atom. The second-order valence-electron chi connectivity index (χ2n) is 5.64. The van der Waals surface area contributed by atoms with Crippen molar-refractivity contribution in [2.24, 2.45) is 0 Å². The molecule has 0 saturated carbocycles. The minimum absolute atomic E-state index is 0.0147. The fourth-order valence-corrected chi connectivity index (χ4v) is 4.35. The molecule has 1 heterocycles. The first kappa shape index (κ1) is 17.0. The third-order valence-electron chi connectivity index (χ3n) is 4.01. The van der Waals surface area contributed by atoms with Crippen molar-refractivity contribution in [3.63, 3.8) is 0 Å². The van der Waals surface area contributed by atoms with Gasteiger partial charge >= 0.3 is 0 Å². The molecule has 2 aromatic carbocycles. The van der Waals surface area contributed by atoms with E-state index in [0.29, 0.717) is 6.54 Å². The van der Waals surface area contributed by atoms with Gasteiger partial charge in [0.05, 0.1) is 5.02 Å². The van der Waals surface area contributed by atoms with Gasteiger partial charge in [-0.25, -0.2) is 13.1 Å². The molecular formula is C17H17ClN2O3S. The molecule has 3 rings (SSSR count). The highest BCUT2D eigenvalue weighted by molar-refractivity contribution is 7.89. The Bertz CT molecular complexity index is 896. The minimum atomic E-state index is -3.67. The maximum absolute atomic E-state index is 12.4. The number of nitrogens with one attached hydrogen (secondary N) is 1. The van der Waals surface area contributed by atoms with E-state index in [9.17, 15) is 13.2 Å². The minimum Gasteiger partial charge on any atom is -0.312 e. The van der Waals surface area contributed by atoms with E-state index >= 15 is 0 Å². The molecular weight excluding hydrogens is 348 g/mol. The van der Waals surface area contributed by atoms with E-state index in [1.165, 1.54) is 6.07 Å². The molecule has 1 amide bonds. The fraction of sp³-hybridized carbons (Fsp3) is 0.235. The van der Waals surface area contributed by atoms with Crippen LogP contribution in [0.25, 0.3) is 0 Å². The summed E-state index contributed by atoms with van der Waals surface area (Å²) in [6.45, 7) is 2.38. The van der Waals surface area contributed by atoms with Gasteiger partial charge < -0.3 is 4.90 Å². The molecule has 0 aliphatic carbocycles. The first-order valence-electron chi connectivity index (χ1n) is 7.52. The number of halogens is 1. The average Bonchev–Trinajstić information content (AvgIpc) is 2.96. The van der Waals surface area contributed by atoms with E-state index in [1.54, 1.807) is 30.0 Å². The highest BCUT2D eigenvalue weighted by Crippen LogP contribution is 2.29. The molecule has 0 aromatic heterocycles. The molecule has 0 radical (unpaired) electrons. The van der Waals surface area contributed by atoms with Gasteiger partial charge in [0.2, 0.25) is 15.9 Å². The molecule has 24 heavy (non-hydrogen) atoms. The Morgan fingerprint density at radius 3 is 2.71 bits per heavy atom. The number of benzene rings is 2. The molecule has 0 bridgehead atoms. The maximum atomic E-state index is 12.4. The maximum Gasteiger partial charge on any atom is 0.242 e. The van der Waals surface area contributed by atoms with Gasteiger partial charge in [0.15, 0.2) is 0 Å². The Kier molecular flexibility index (Phi) is 4.62. The smallest absolute Gasteiger partial charge is 0.242 e. The summed E-state index contributed by atoms with van der Waals surface area (Å²) in [6, 6.07) is 12.0. The van der Waals surface area contributed by atoms with Gasteiger partial charge in [0, 0.05) is 25.7 Å². The van der Waals surface area contributed by atoms with Crippen molar-refractivity contribution in [3.8, 4) is 0 Å². The molecule has 7 heteroatoms. The topological polar surface area (TPSA) is 66.5 Å².